The Morgan fingerprint density at radius 1 is 1.14 bits per heavy atom. The molecule has 0 aliphatic carbocycles. The lowest BCUT2D eigenvalue weighted by molar-refractivity contribution is 0.0683. The van der Waals surface area contributed by atoms with Gasteiger partial charge in [0.25, 0.3) is 0 Å². The van der Waals surface area contributed by atoms with E-state index in [-0.39, 0.29) is 6.10 Å². The van der Waals surface area contributed by atoms with Gasteiger partial charge in [-0.2, -0.15) is 4.98 Å². The van der Waals surface area contributed by atoms with E-state index < -0.39 is 0 Å². The Morgan fingerprint density at radius 2 is 1.86 bits per heavy atom. The molecule has 0 radical (unpaired) electrons. The van der Waals surface area contributed by atoms with Crippen molar-refractivity contribution in [2.75, 3.05) is 6.61 Å². The molecule has 0 fully saturated rings. The number of hydrogen-bond donors (Lipinski definition) is 0. The van der Waals surface area contributed by atoms with Crippen LogP contribution in [0.1, 0.15) is 51.1 Å². The van der Waals surface area contributed by atoms with E-state index in [1.165, 1.54) is 5.56 Å². The maximum absolute atomic E-state index is 5.49. The molecule has 0 saturated heterocycles. The third-order valence-electron chi connectivity index (χ3n) is 3.56. The first kappa shape index (κ1) is 16.6. The van der Waals surface area contributed by atoms with E-state index in [1.807, 2.05) is 19.9 Å². The Labute approximate surface area is 132 Å². The van der Waals surface area contributed by atoms with Gasteiger partial charge in [0, 0.05) is 19.2 Å². The van der Waals surface area contributed by atoms with Crippen LogP contribution in [-0.4, -0.2) is 27.7 Å². The monoisotopic (exact) mass is 303 g/mol. The van der Waals surface area contributed by atoms with Crippen LogP contribution in [0.15, 0.2) is 34.9 Å². The van der Waals surface area contributed by atoms with E-state index in [1.54, 1.807) is 0 Å². The van der Waals surface area contributed by atoms with Gasteiger partial charge in [-0.1, -0.05) is 35.5 Å². The molecule has 0 saturated carbocycles. The van der Waals surface area contributed by atoms with Crippen molar-refractivity contribution < 1.29 is 9.26 Å². The molecule has 1 aromatic carbocycles. The van der Waals surface area contributed by atoms with Crippen LogP contribution in [0.5, 0.6) is 0 Å². The topological polar surface area (TPSA) is 51.4 Å². The van der Waals surface area contributed by atoms with Gasteiger partial charge in [-0.3, -0.25) is 4.90 Å². The molecule has 0 aliphatic heterocycles. The van der Waals surface area contributed by atoms with E-state index in [0.717, 1.165) is 6.54 Å². The van der Waals surface area contributed by atoms with Crippen molar-refractivity contribution >= 4 is 0 Å². The molecule has 1 atom stereocenters. The van der Waals surface area contributed by atoms with Crippen LogP contribution in [0.2, 0.25) is 0 Å². The molecule has 1 aromatic heterocycles. The molecule has 22 heavy (non-hydrogen) atoms. The molecule has 120 valence electrons. The number of ether oxygens (including phenoxy) is 1. The minimum absolute atomic E-state index is 0.135. The summed E-state index contributed by atoms with van der Waals surface area (Å²) < 4.78 is 10.9. The zero-order valence-electron chi connectivity index (χ0n) is 13.8. The predicted octanol–water partition coefficient (Wildman–Crippen LogP) is 3.58. The fraction of sp³-hybridized carbons (Fsp3) is 0.529. The Bertz CT molecular complexity index is 554. The first-order valence-electron chi connectivity index (χ1n) is 7.82. The fourth-order valence-corrected chi connectivity index (χ4v) is 2.23. The van der Waals surface area contributed by atoms with Gasteiger partial charge >= 0.3 is 0 Å². The summed E-state index contributed by atoms with van der Waals surface area (Å²) in [5, 5.41) is 4.02. The second-order valence-electron chi connectivity index (χ2n) is 5.63. The summed E-state index contributed by atoms with van der Waals surface area (Å²) in [6, 6.07) is 10.8. The molecule has 1 unspecified atom stereocenters. The lowest BCUT2D eigenvalue weighted by Gasteiger charge is -2.24. The van der Waals surface area contributed by atoms with Crippen LogP contribution < -0.4 is 0 Å². The summed E-state index contributed by atoms with van der Waals surface area (Å²) >= 11 is 0. The van der Waals surface area contributed by atoms with Crippen molar-refractivity contribution in [3.8, 4) is 0 Å². The molecule has 0 aliphatic rings. The molecule has 1 heterocycles. The van der Waals surface area contributed by atoms with Crippen molar-refractivity contribution in [2.24, 2.45) is 0 Å². The lowest BCUT2D eigenvalue weighted by atomic mass is 10.2. The maximum Gasteiger partial charge on any atom is 0.240 e. The van der Waals surface area contributed by atoms with Gasteiger partial charge in [0.05, 0.1) is 6.54 Å². The Kier molecular flexibility index (Phi) is 6.10. The van der Waals surface area contributed by atoms with Gasteiger partial charge in [0.2, 0.25) is 5.89 Å². The zero-order chi connectivity index (χ0) is 15.9. The molecule has 2 aromatic rings. The summed E-state index contributed by atoms with van der Waals surface area (Å²) in [4.78, 5) is 6.75. The molecular formula is C17H25N3O2. The van der Waals surface area contributed by atoms with Crippen molar-refractivity contribution in [2.45, 2.75) is 52.9 Å². The number of nitrogens with zero attached hydrogens (tertiary/aromatic N) is 3. The second-order valence-corrected chi connectivity index (χ2v) is 5.63. The summed E-state index contributed by atoms with van der Waals surface area (Å²) in [7, 11) is 0. The van der Waals surface area contributed by atoms with E-state index in [0.29, 0.717) is 30.9 Å². The van der Waals surface area contributed by atoms with Crippen LogP contribution in [-0.2, 0) is 17.8 Å². The second kappa shape index (κ2) is 8.06. The molecular weight excluding hydrogens is 278 g/mol. The van der Waals surface area contributed by atoms with E-state index in [2.05, 4.69) is 53.2 Å². The maximum atomic E-state index is 5.49. The van der Waals surface area contributed by atoms with Crippen LogP contribution in [0.3, 0.4) is 0 Å². The van der Waals surface area contributed by atoms with Crippen molar-refractivity contribution in [1.29, 1.82) is 0 Å². The third kappa shape index (κ3) is 4.64. The normalized spacial score (nSPS) is 13.0. The average Bonchev–Trinajstić information content (AvgIpc) is 2.96. The molecule has 0 spiro atoms. The lowest BCUT2D eigenvalue weighted by Crippen LogP contribution is -2.30. The third-order valence-corrected chi connectivity index (χ3v) is 3.56. The van der Waals surface area contributed by atoms with Crippen LogP contribution in [0.25, 0.3) is 0 Å². The highest BCUT2D eigenvalue weighted by atomic mass is 16.5. The fourth-order valence-electron chi connectivity index (χ4n) is 2.23. The predicted molar refractivity (Wildman–Crippen MR) is 85.2 cm³/mol. The van der Waals surface area contributed by atoms with Crippen LogP contribution in [0, 0.1) is 0 Å². The summed E-state index contributed by atoms with van der Waals surface area (Å²) in [6.07, 6.45) is -0.135. The highest BCUT2D eigenvalue weighted by molar-refractivity contribution is 5.14. The van der Waals surface area contributed by atoms with Crippen molar-refractivity contribution in [3.63, 3.8) is 0 Å². The Morgan fingerprint density at radius 3 is 2.50 bits per heavy atom. The van der Waals surface area contributed by atoms with E-state index >= 15 is 0 Å². The minimum Gasteiger partial charge on any atom is -0.371 e. The van der Waals surface area contributed by atoms with Gasteiger partial charge in [0.1, 0.15) is 6.10 Å². The zero-order valence-corrected chi connectivity index (χ0v) is 13.8. The van der Waals surface area contributed by atoms with Crippen molar-refractivity contribution in [1.82, 2.24) is 15.0 Å². The molecule has 2 rings (SSSR count). The smallest absolute Gasteiger partial charge is 0.240 e. The van der Waals surface area contributed by atoms with Crippen LogP contribution >= 0.6 is 0 Å². The number of aromatic nitrogens is 2. The largest absolute Gasteiger partial charge is 0.371 e. The Balaban J connectivity index is 2.02. The SMILES string of the molecule is CCOC(C)c1noc(CN(Cc2ccccc2)C(C)C)n1. The first-order chi connectivity index (χ1) is 10.6. The molecule has 0 N–H and O–H groups in total. The summed E-state index contributed by atoms with van der Waals surface area (Å²) in [5.41, 5.74) is 1.28. The van der Waals surface area contributed by atoms with Crippen LogP contribution in [0.4, 0.5) is 0 Å². The standard InChI is InChI=1S/C17H25N3O2/c1-5-21-14(4)17-18-16(22-19-17)12-20(13(2)3)11-15-9-7-6-8-10-15/h6-10,13-14H,5,11-12H2,1-4H3. The quantitative estimate of drug-likeness (QED) is 0.746. The summed E-state index contributed by atoms with van der Waals surface area (Å²) in [6.45, 7) is 10.4. The number of benzene rings is 1. The highest BCUT2D eigenvalue weighted by Gasteiger charge is 2.18. The number of rotatable bonds is 8. The molecule has 0 bridgehead atoms. The van der Waals surface area contributed by atoms with Gasteiger partial charge in [-0.05, 0) is 33.3 Å². The van der Waals surface area contributed by atoms with E-state index in [4.69, 9.17) is 9.26 Å². The first-order valence-corrected chi connectivity index (χ1v) is 7.82. The van der Waals surface area contributed by atoms with E-state index in [9.17, 15) is 0 Å². The van der Waals surface area contributed by atoms with Gasteiger partial charge in [-0.15, -0.1) is 0 Å². The number of hydrogen-bond acceptors (Lipinski definition) is 5. The van der Waals surface area contributed by atoms with Gasteiger partial charge in [-0.25, -0.2) is 0 Å². The Hall–Kier alpha value is -1.72. The minimum atomic E-state index is -0.135. The highest BCUT2D eigenvalue weighted by Crippen LogP contribution is 2.16. The average molecular weight is 303 g/mol. The summed E-state index contributed by atoms with van der Waals surface area (Å²) in [5.74, 6) is 1.24. The molecule has 0 amide bonds. The molecule has 5 heteroatoms. The van der Waals surface area contributed by atoms with Gasteiger partial charge in [0.15, 0.2) is 5.82 Å². The van der Waals surface area contributed by atoms with Crippen molar-refractivity contribution in [3.05, 3.63) is 47.6 Å². The molecule has 5 nitrogen and oxygen atoms in total. The van der Waals surface area contributed by atoms with Gasteiger partial charge < -0.3 is 9.26 Å².